The number of furan rings is 1. The summed E-state index contributed by atoms with van der Waals surface area (Å²) in [5.41, 5.74) is 0.653. The van der Waals surface area contributed by atoms with Gasteiger partial charge in [-0.15, -0.1) is 0 Å². The molecule has 2 aromatic carbocycles. The predicted octanol–water partition coefficient (Wildman–Crippen LogP) is 4.68. The van der Waals surface area contributed by atoms with E-state index in [1.165, 1.54) is 23.4 Å². The number of halogens is 1. The average molecular weight is 471 g/mol. The zero-order valence-corrected chi connectivity index (χ0v) is 18.9. The molecule has 0 saturated carbocycles. The summed E-state index contributed by atoms with van der Waals surface area (Å²) in [6, 6.07) is 13.5. The first kappa shape index (κ1) is 22.0. The van der Waals surface area contributed by atoms with Gasteiger partial charge in [0.15, 0.2) is 10.9 Å². The molecule has 0 unspecified atom stereocenters. The van der Waals surface area contributed by atoms with E-state index in [1.54, 1.807) is 61.9 Å². The molecule has 0 amide bonds. The Labute approximate surface area is 192 Å². The number of benzene rings is 2. The van der Waals surface area contributed by atoms with Gasteiger partial charge < -0.3 is 13.9 Å². The van der Waals surface area contributed by atoms with Crippen LogP contribution in [0.15, 0.2) is 69.2 Å². The normalized spacial score (nSPS) is 11.0. The van der Waals surface area contributed by atoms with E-state index in [-0.39, 0.29) is 23.6 Å². The third-order valence-electron chi connectivity index (χ3n) is 4.82. The lowest BCUT2D eigenvalue weighted by Crippen LogP contribution is -2.24. The number of thioether (sulfide) groups is 1. The molecule has 0 saturated heterocycles. The summed E-state index contributed by atoms with van der Waals surface area (Å²) in [6.07, 6.45) is 1.54. The van der Waals surface area contributed by atoms with Crippen LogP contribution in [-0.2, 0) is 6.54 Å². The van der Waals surface area contributed by atoms with Crippen molar-refractivity contribution in [3.8, 4) is 11.5 Å². The topological polar surface area (TPSA) is 83.6 Å². The Morgan fingerprint density at radius 3 is 2.72 bits per heavy atom. The van der Waals surface area contributed by atoms with Crippen molar-refractivity contribution < 1.29 is 18.7 Å². The molecular weight excluding hydrogens is 452 g/mol. The first-order valence-corrected chi connectivity index (χ1v) is 11.0. The highest BCUT2D eigenvalue weighted by atomic mass is 35.5. The van der Waals surface area contributed by atoms with E-state index >= 15 is 0 Å². The molecule has 4 rings (SSSR count). The highest BCUT2D eigenvalue weighted by Crippen LogP contribution is 2.27. The van der Waals surface area contributed by atoms with E-state index in [0.29, 0.717) is 43.9 Å². The highest BCUT2D eigenvalue weighted by molar-refractivity contribution is 7.99. The predicted molar refractivity (Wildman–Crippen MR) is 123 cm³/mol. The highest BCUT2D eigenvalue weighted by Gasteiger charge is 2.18. The van der Waals surface area contributed by atoms with Crippen LogP contribution in [0.4, 0.5) is 0 Å². The second-order valence-electron chi connectivity index (χ2n) is 6.80. The Balaban J connectivity index is 1.68. The van der Waals surface area contributed by atoms with Crippen molar-refractivity contribution >= 4 is 40.0 Å². The zero-order chi connectivity index (χ0) is 22.7. The second kappa shape index (κ2) is 9.50. The number of hydrogen-bond donors (Lipinski definition) is 0. The number of methoxy groups -OCH3 is 2. The lowest BCUT2D eigenvalue weighted by molar-refractivity contribution is 0.101. The van der Waals surface area contributed by atoms with E-state index in [4.69, 9.17) is 25.5 Å². The molecular formula is C23H19ClN2O5S. The van der Waals surface area contributed by atoms with Gasteiger partial charge in [0.05, 0.1) is 49.2 Å². The Bertz CT molecular complexity index is 1330. The van der Waals surface area contributed by atoms with Crippen molar-refractivity contribution in [2.24, 2.45) is 0 Å². The van der Waals surface area contributed by atoms with Crippen LogP contribution in [0.3, 0.4) is 0 Å². The van der Waals surface area contributed by atoms with Crippen molar-refractivity contribution in [1.82, 2.24) is 9.55 Å². The third kappa shape index (κ3) is 4.51. The molecule has 0 radical (unpaired) electrons. The average Bonchev–Trinajstić information content (AvgIpc) is 3.32. The smallest absolute Gasteiger partial charge is 0.262 e. The fourth-order valence-corrected chi connectivity index (χ4v) is 4.27. The molecule has 32 heavy (non-hydrogen) atoms. The van der Waals surface area contributed by atoms with Crippen LogP contribution in [-0.4, -0.2) is 35.3 Å². The maximum atomic E-state index is 13.2. The summed E-state index contributed by atoms with van der Waals surface area (Å²) in [5.74, 6) is 1.50. The van der Waals surface area contributed by atoms with Crippen molar-refractivity contribution in [1.29, 1.82) is 0 Å². The van der Waals surface area contributed by atoms with Crippen LogP contribution in [0.1, 0.15) is 16.1 Å². The summed E-state index contributed by atoms with van der Waals surface area (Å²) in [7, 11) is 3.04. The molecule has 164 valence electrons. The molecule has 0 aliphatic rings. The molecule has 0 spiro atoms. The van der Waals surface area contributed by atoms with Crippen molar-refractivity contribution in [3.63, 3.8) is 0 Å². The summed E-state index contributed by atoms with van der Waals surface area (Å²) in [4.78, 5) is 30.7. The molecule has 0 aliphatic carbocycles. The maximum Gasteiger partial charge on any atom is 0.262 e. The molecule has 2 aromatic heterocycles. The maximum absolute atomic E-state index is 13.2. The van der Waals surface area contributed by atoms with Crippen molar-refractivity contribution in [2.45, 2.75) is 11.7 Å². The first-order valence-electron chi connectivity index (χ1n) is 9.60. The molecule has 0 bridgehead atoms. The summed E-state index contributed by atoms with van der Waals surface area (Å²) in [5, 5.41) is 1.30. The standard InChI is InChI=1S/C23H19ClN2O5S/c1-29-15-6-8-18(21(11-15)30-2)20(27)13-32-23-25-19-10-14(24)5-7-17(19)22(28)26(23)12-16-4-3-9-31-16/h3-11H,12-13H2,1-2H3. The monoisotopic (exact) mass is 470 g/mol. The molecule has 0 atom stereocenters. The van der Waals surface area contributed by atoms with Crippen LogP contribution < -0.4 is 15.0 Å². The number of Topliss-reactive ketones (excluding diaryl/α,β-unsaturated/α-hetero) is 1. The minimum Gasteiger partial charge on any atom is -0.497 e. The Kier molecular flexibility index (Phi) is 6.53. The Hall–Kier alpha value is -3.23. The van der Waals surface area contributed by atoms with Gasteiger partial charge in [0, 0.05) is 11.1 Å². The van der Waals surface area contributed by atoms with E-state index in [0.717, 1.165) is 0 Å². The third-order valence-corrected chi connectivity index (χ3v) is 6.03. The molecule has 0 aliphatic heterocycles. The minimum absolute atomic E-state index is 0.0549. The number of aromatic nitrogens is 2. The van der Waals surface area contributed by atoms with Gasteiger partial charge in [-0.1, -0.05) is 23.4 Å². The second-order valence-corrected chi connectivity index (χ2v) is 8.18. The fraction of sp³-hybridized carbons (Fsp3) is 0.174. The summed E-state index contributed by atoms with van der Waals surface area (Å²) >= 11 is 7.26. The largest absolute Gasteiger partial charge is 0.497 e. The number of carbonyl (C=O) groups is 1. The minimum atomic E-state index is -0.236. The summed E-state index contributed by atoms with van der Waals surface area (Å²) < 4.78 is 17.4. The van der Waals surface area contributed by atoms with E-state index in [2.05, 4.69) is 4.98 Å². The Morgan fingerprint density at radius 2 is 2.00 bits per heavy atom. The van der Waals surface area contributed by atoms with Crippen molar-refractivity contribution in [2.75, 3.05) is 20.0 Å². The summed E-state index contributed by atoms with van der Waals surface area (Å²) in [6.45, 7) is 0.194. The van der Waals surface area contributed by atoms with E-state index < -0.39 is 0 Å². The van der Waals surface area contributed by atoms with Gasteiger partial charge in [0.1, 0.15) is 17.3 Å². The number of ether oxygens (including phenoxy) is 2. The number of ketones is 1. The number of fused-ring (bicyclic) bond motifs is 1. The van der Waals surface area contributed by atoms with Crippen LogP contribution in [0.5, 0.6) is 11.5 Å². The van der Waals surface area contributed by atoms with Gasteiger partial charge in [0.2, 0.25) is 0 Å². The quantitative estimate of drug-likeness (QED) is 0.210. The molecule has 9 heteroatoms. The lowest BCUT2D eigenvalue weighted by atomic mass is 10.1. The van der Waals surface area contributed by atoms with E-state index in [1.807, 2.05) is 0 Å². The van der Waals surface area contributed by atoms with Gasteiger partial charge in [-0.3, -0.25) is 14.2 Å². The zero-order valence-electron chi connectivity index (χ0n) is 17.3. The lowest BCUT2D eigenvalue weighted by Gasteiger charge is -2.13. The number of hydrogen-bond acceptors (Lipinski definition) is 7. The molecule has 2 heterocycles. The van der Waals surface area contributed by atoms with E-state index in [9.17, 15) is 9.59 Å². The SMILES string of the molecule is COc1ccc(C(=O)CSc2nc3cc(Cl)ccc3c(=O)n2Cc2ccco2)c(OC)c1. The molecule has 7 nitrogen and oxygen atoms in total. The number of rotatable bonds is 8. The van der Waals surface area contributed by atoms with Gasteiger partial charge in [-0.05, 0) is 42.5 Å². The van der Waals surface area contributed by atoms with Crippen LogP contribution in [0.25, 0.3) is 10.9 Å². The van der Waals surface area contributed by atoms with Gasteiger partial charge in [0.25, 0.3) is 5.56 Å². The van der Waals surface area contributed by atoms with Crippen LogP contribution >= 0.6 is 23.4 Å². The van der Waals surface area contributed by atoms with Gasteiger partial charge in [-0.2, -0.15) is 0 Å². The van der Waals surface area contributed by atoms with Gasteiger partial charge in [-0.25, -0.2) is 4.98 Å². The number of nitrogens with zero attached hydrogens (tertiary/aromatic N) is 2. The first-order chi connectivity index (χ1) is 15.5. The van der Waals surface area contributed by atoms with Gasteiger partial charge >= 0.3 is 0 Å². The fourth-order valence-electron chi connectivity index (χ4n) is 3.22. The Morgan fingerprint density at radius 1 is 1.16 bits per heavy atom. The molecule has 4 aromatic rings. The van der Waals surface area contributed by atoms with Crippen LogP contribution in [0, 0.1) is 0 Å². The molecule has 0 N–H and O–H groups in total. The van der Waals surface area contributed by atoms with Crippen LogP contribution in [0.2, 0.25) is 5.02 Å². The van der Waals surface area contributed by atoms with Crippen molar-refractivity contribution in [3.05, 3.63) is 81.5 Å². The molecule has 0 fully saturated rings. The number of carbonyl (C=O) groups excluding carboxylic acids is 1.